The number of para-hydroxylation sites is 1. The Morgan fingerprint density at radius 3 is 2.08 bits per heavy atom. The molecule has 0 amide bonds. The highest BCUT2D eigenvalue weighted by Gasteiger charge is 2.29. The molecule has 0 fully saturated rings. The highest BCUT2D eigenvalue weighted by Crippen LogP contribution is 2.40. The van der Waals surface area contributed by atoms with Crippen molar-refractivity contribution in [2.45, 2.75) is 52.5 Å². The maximum atomic E-state index is 3.76. The van der Waals surface area contributed by atoms with E-state index in [0.717, 1.165) is 25.7 Å². The monoisotopic (exact) mass is 330 g/mol. The average molecular weight is 330 g/mol. The number of rotatable bonds is 6. The zero-order chi connectivity index (χ0) is 17.6. The second-order valence-corrected chi connectivity index (χ2v) is 6.58. The zero-order valence-corrected chi connectivity index (χ0v) is 15.6. The minimum atomic E-state index is 0.334. The van der Waals surface area contributed by atoms with Crippen LogP contribution in [-0.2, 0) is 0 Å². The molecular weight excluding hydrogens is 302 g/mol. The number of hydrogen-bond acceptors (Lipinski definition) is 1. The molecule has 0 aromatic heterocycles. The summed E-state index contributed by atoms with van der Waals surface area (Å²) in [4.78, 5) is 2.37. The molecule has 1 nitrogen and oxygen atoms in total. The Bertz CT molecular complexity index is 740. The van der Waals surface area contributed by atoms with Crippen LogP contribution in [0.4, 0.5) is 5.69 Å². The van der Waals surface area contributed by atoms with Crippen molar-refractivity contribution in [2.24, 2.45) is 0 Å². The van der Waals surface area contributed by atoms with E-state index in [2.05, 4.69) is 92.5 Å². The van der Waals surface area contributed by atoms with Gasteiger partial charge in [0.2, 0.25) is 0 Å². The molecule has 129 valence electrons. The van der Waals surface area contributed by atoms with Gasteiger partial charge in [0.15, 0.2) is 0 Å². The van der Waals surface area contributed by atoms with Gasteiger partial charge in [-0.15, -0.1) is 0 Å². The van der Waals surface area contributed by atoms with Crippen LogP contribution in [0.25, 0.3) is 5.57 Å². The Morgan fingerprint density at radius 2 is 1.52 bits per heavy atom. The summed E-state index contributed by atoms with van der Waals surface area (Å²) in [5, 5.41) is 0. The first kappa shape index (κ1) is 17.5. The summed E-state index contributed by atoms with van der Waals surface area (Å²) in [7, 11) is 0. The predicted molar refractivity (Wildman–Crippen MR) is 108 cm³/mol. The van der Waals surface area contributed by atoms with Crippen LogP contribution in [0.3, 0.4) is 0 Å². The first-order valence-electron chi connectivity index (χ1n) is 9.55. The van der Waals surface area contributed by atoms with Crippen LogP contribution in [-0.4, -0.2) is 6.04 Å². The van der Waals surface area contributed by atoms with Crippen molar-refractivity contribution in [2.75, 3.05) is 4.90 Å². The molecule has 2 aromatic carbocycles. The minimum Gasteiger partial charge on any atom is -0.332 e. The van der Waals surface area contributed by atoms with Crippen molar-refractivity contribution in [1.82, 2.24) is 0 Å². The molecule has 1 aliphatic heterocycles. The Labute approximate surface area is 152 Å². The molecule has 1 unspecified atom stereocenters. The van der Waals surface area contributed by atoms with Crippen molar-refractivity contribution in [1.29, 1.82) is 0 Å². The van der Waals surface area contributed by atoms with Crippen LogP contribution in [0.15, 0.2) is 71.8 Å². The van der Waals surface area contributed by atoms with Crippen LogP contribution < -0.4 is 4.90 Å². The predicted octanol–water partition coefficient (Wildman–Crippen LogP) is 6.64. The van der Waals surface area contributed by atoms with Crippen molar-refractivity contribution in [3.8, 4) is 0 Å². The summed E-state index contributed by atoms with van der Waals surface area (Å²) in [5.41, 5.74) is 6.93. The Kier molecular flexibility index (Phi) is 5.75. The molecule has 1 heteroatoms. The van der Waals surface area contributed by atoms with Gasteiger partial charge in [0.25, 0.3) is 0 Å². The van der Waals surface area contributed by atoms with E-state index in [9.17, 15) is 0 Å². The fourth-order valence-corrected chi connectivity index (χ4v) is 3.85. The summed E-state index contributed by atoms with van der Waals surface area (Å²) in [6.07, 6.45) is 8.12. The van der Waals surface area contributed by atoms with Gasteiger partial charge in [-0.2, -0.15) is 0 Å². The molecule has 3 rings (SSSR count). The molecule has 0 N–H and O–H groups in total. The van der Waals surface area contributed by atoms with Crippen LogP contribution in [0, 0.1) is 6.20 Å². The summed E-state index contributed by atoms with van der Waals surface area (Å²) >= 11 is 0. The van der Waals surface area contributed by atoms with E-state index in [-0.39, 0.29) is 0 Å². The second-order valence-electron chi connectivity index (χ2n) is 6.58. The van der Waals surface area contributed by atoms with Gasteiger partial charge >= 0.3 is 0 Å². The quantitative estimate of drug-likeness (QED) is 0.574. The number of nitrogens with zero attached hydrogens (tertiary/aromatic N) is 1. The van der Waals surface area contributed by atoms with Gasteiger partial charge < -0.3 is 4.90 Å². The first-order chi connectivity index (χ1) is 12.3. The van der Waals surface area contributed by atoms with E-state index in [4.69, 9.17) is 0 Å². The lowest BCUT2D eigenvalue weighted by Gasteiger charge is -2.38. The van der Waals surface area contributed by atoms with Gasteiger partial charge in [-0.05, 0) is 53.7 Å². The van der Waals surface area contributed by atoms with Crippen molar-refractivity contribution in [3.63, 3.8) is 0 Å². The highest BCUT2D eigenvalue weighted by atomic mass is 15.2. The Hall–Kier alpha value is -2.28. The molecule has 0 saturated heterocycles. The molecule has 1 radical (unpaired) electrons. The third-order valence-corrected chi connectivity index (χ3v) is 4.95. The summed E-state index contributed by atoms with van der Waals surface area (Å²) in [5.74, 6) is 0. The zero-order valence-electron chi connectivity index (χ0n) is 15.6. The fraction of sp³-hybridized carbons (Fsp3) is 0.333. The van der Waals surface area contributed by atoms with Crippen LogP contribution in [0.5, 0.6) is 0 Å². The first-order valence-corrected chi connectivity index (χ1v) is 9.55. The van der Waals surface area contributed by atoms with Gasteiger partial charge in [0, 0.05) is 5.69 Å². The van der Waals surface area contributed by atoms with Gasteiger partial charge in [-0.25, -0.2) is 0 Å². The maximum Gasteiger partial charge on any atom is 0.0696 e. The minimum absolute atomic E-state index is 0.334. The van der Waals surface area contributed by atoms with Crippen LogP contribution in [0.1, 0.15) is 52.0 Å². The lowest BCUT2D eigenvalue weighted by Crippen LogP contribution is -2.36. The smallest absolute Gasteiger partial charge is 0.0696 e. The third kappa shape index (κ3) is 3.56. The van der Waals surface area contributed by atoms with Crippen LogP contribution in [0.2, 0.25) is 0 Å². The van der Waals surface area contributed by atoms with Crippen molar-refractivity contribution >= 4 is 11.3 Å². The normalized spacial score (nSPS) is 17.6. The van der Waals surface area contributed by atoms with Gasteiger partial charge in [-0.3, -0.25) is 0 Å². The number of hydrogen-bond donors (Lipinski definition) is 0. The molecule has 0 aliphatic carbocycles. The lowest BCUT2D eigenvalue weighted by molar-refractivity contribution is 0.717. The van der Waals surface area contributed by atoms with Crippen LogP contribution >= 0.6 is 0 Å². The fourth-order valence-electron chi connectivity index (χ4n) is 3.85. The second kappa shape index (κ2) is 8.20. The summed E-state index contributed by atoms with van der Waals surface area (Å²) in [6, 6.07) is 21.9. The molecule has 1 aliphatic rings. The topological polar surface area (TPSA) is 3.24 Å². The molecule has 2 aromatic rings. The summed E-state index contributed by atoms with van der Waals surface area (Å²) < 4.78 is 0. The molecule has 0 saturated carbocycles. The number of anilines is 1. The molecule has 25 heavy (non-hydrogen) atoms. The number of benzene rings is 2. The molecule has 0 spiro atoms. The maximum absolute atomic E-state index is 3.76. The van der Waals surface area contributed by atoms with Crippen molar-refractivity contribution < 1.29 is 0 Å². The van der Waals surface area contributed by atoms with E-state index in [1.807, 2.05) is 0 Å². The van der Waals surface area contributed by atoms with E-state index in [1.165, 1.54) is 28.0 Å². The summed E-state index contributed by atoms with van der Waals surface area (Å²) in [6.45, 7) is 6.81. The molecule has 1 heterocycles. The molecule has 0 bridgehead atoms. The van der Waals surface area contributed by atoms with Crippen molar-refractivity contribution in [3.05, 3.63) is 83.6 Å². The lowest BCUT2D eigenvalue weighted by atomic mass is 9.82. The third-order valence-electron chi connectivity index (χ3n) is 4.95. The Morgan fingerprint density at radius 1 is 0.880 bits per heavy atom. The number of allylic oxidation sites excluding steroid dienone is 2. The highest BCUT2D eigenvalue weighted by molar-refractivity contribution is 5.81. The van der Waals surface area contributed by atoms with E-state index in [1.54, 1.807) is 0 Å². The molecular formula is C24H28N. The van der Waals surface area contributed by atoms with Gasteiger partial charge in [-0.1, -0.05) is 75.7 Å². The Balaban J connectivity index is 2.17. The van der Waals surface area contributed by atoms with E-state index >= 15 is 0 Å². The average Bonchev–Trinajstić information content (AvgIpc) is 2.68. The standard InChI is InChI=1S/C24H28N/c1-4-13-20-18-25(21-16-11-8-12-17-21)23(6-3)24(22(20)5-2)19-14-9-7-10-15-19/h7-12,14-17,23H,4-6,13H2,1-3H3. The van der Waals surface area contributed by atoms with Gasteiger partial charge in [0.1, 0.15) is 0 Å². The van der Waals surface area contributed by atoms with E-state index < -0.39 is 0 Å². The SMILES string of the molecule is CCCC1=[C]N(c2ccccc2)C(CC)C(c2ccccc2)=C1CC. The van der Waals surface area contributed by atoms with Gasteiger partial charge in [0.05, 0.1) is 12.2 Å². The largest absolute Gasteiger partial charge is 0.332 e. The molecule has 1 atom stereocenters. The van der Waals surface area contributed by atoms with E-state index in [0.29, 0.717) is 6.04 Å².